The largest absolute Gasteiger partial charge is 0.496 e. The van der Waals surface area contributed by atoms with E-state index in [1.54, 1.807) is 11.8 Å². The van der Waals surface area contributed by atoms with Crippen molar-refractivity contribution in [3.63, 3.8) is 0 Å². The number of ether oxygens (including phenoxy) is 1. The highest BCUT2D eigenvalue weighted by Crippen LogP contribution is 2.36. The lowest BCUT2D eigenvalue weighted by Gasteiger charge is -2.33. The molecule has 176 valence electrons. The number of hydrogen-bond donors (Lipinski definition) is 2. The molecule has 5 rings (SSSR count). The third-order valence-electron chi connectivity index (χ3n) is 7.42. The number of aryl methyl sites for hydroxylation is 1. The number of H-pyrrole nitrogens is 1. The van der Waals surface area contributed by atoms with Crippen LogP contribution in [0.25, 0.3) is 22.4 Å². The fraction of sp³-hybridized carbons (Fsp3) is 0.560. The molecule has 3 heterocycles. The zero-order valence-corrected chi connectivity index (χ0v) is 19.9. The Kier molecular flexibility index (Phi) is 6.10. The van der Waals surface area contributed by atoms with Gasteiger partial charge in [0.15, 0.2) is 5.65 Å². The van der Waals surface area contributed by atoms with Gasteiger partial charge in [0.1, 0.15) is 17.0 Å². The minimum Gasteiger partial charge on any atom is -0.496 e. The van der Waals surface area contributed by atoms with Gasteiger partial charge in [-0.05, 0) is 44.9 Å². The van der Waals surface area contributed by atoms with Gasteiger partial charge in [-0.15, -0.1) is 0 Å². The molecule has 1 saturated carbocycles. The predicted molar refractivity (Wildman–Crippen MR) is 131 cm³/mol. The highest BCUT2D eigenvalue weighted by atomic mass is 16.5. The third-order valence-corrected chi connectivity index (χ3v) is 7.42. The van der Waals surface area contributed by atoms with Crippen LogP contribution in [0.2, 0.25) is 0 Å². The zero-order chi connectivity index (χ0) is 22.9. The molecule has 2 aliphatic rings. The summed E-state index contributed by atoms with van der Waals surface area (Å²) in [5.41, 5.74) is 3.33. The van der Waals surface area contributed by atoms with Crippen molar-refractivity contribution in [2.45, 2.75) is 56.9 Å². The third kappa shape index (κ3) is 4.12. The van der Waals surface area contributed by atoms with Gasteiger partial charge >= 0.3 is 0 Å². The van der Waals surface area contributed by atoms with Gasteiger partial charge in [-0.25, -0.2) is 9.67 Å². The molecule has 1 aliphatic heterocycles. The minimum absolute atomic E-state index is 0.121. The van der Waals surface area contributed by atoms with E-state index in [1.807, 2.05) is 20.2 Å². The van der Waals surface area contributed by atoms with E-state index in [0.717, 1.165) is 55.7 Å². The molecule has 0 amide bonds. The number of methoxy groups -OCH3 is 1. The van der Waals surface area contributed by atoms with Gasteiger partial charge in [0.05, 0.1) is 18.4 Å². The van der Waals surface area contributed by atoms with E-state index in [4.69, 9.17) is 14.8 Å². The molecule has 33 heavy (non-hydrogen) atoms. The predicted octanol–water partition coefficient (Wildman–Crippen LogP) is 3.57. The van der Waals surface area contributed by atoms with E-state index in [9.17, 15) is 4.79 Å². The summed E-state index contributed by atoms with van der Waals surface area (Å²) < 4.78 is 7.49. The number of fused-ring (bicyclic) bond motifs is 1. The molecular formula is C25H34N6O2. The summed E-state index contributed by atoms with van der Waals surface area (Å²) in [4.78, 5) is 23.5. The molecule has 8 nitrogen and oxygen atoms in total. The zero-order valence-electron chi connectivity index (χ0n) is 19.9. The van der Waals surface area contributed by atoms with E-state index in [-0.39, 0.29) is 5.56 Å². The summed E-state index contributed by atoms with van der Waals surface area (Å²) in [6.07, 6.45) is 8.09. The van der Waals surface area contributed by atoms with E-state index in [0.29, 0.717) is 34.6 Å². The number of nitrogens with zero attached hydrogens (tertiary/aromatic N) is 4. The molecule has 1 saturated heterocycles. The number of rotatable bonds is 5. The topological polar surface area (TPSA) is 88.1 Å². The van der Waals surface area contributed by atoms with Crippen LogP contribution in [0.15, 0.2) is 23.0 Å². The number of piperidine rings is 1. The Balaban J connectivity index is 1.50. The molecule has 0 spiro atoms. The Labute approximate surface area is 194 Å². The maximum Gasteiger partial charge on any atom is 0.262 e. The number of anilines is 1. The molecule has 0 atom stereocenters. The second kappa shape index (κ2) is 9.17. The Morgan fingerprint density at radius 2 is 1.88 bits per heavy atom. The number of aromatic nitrogens is 4. The summed E-state index contributed by atoms with van der Waals surface area (Å²) in [6.45, 7) is 2.02. The van der Waals surface area contributed by atoms with Crippen LogP contribution >= 0.6 is 0 Å². The van der Waals surface area contributed by atoms with Crippen molar-refractivity contribution in [1.82, 2.24) is 25.1 Å². The Morgan fingerprint density at radius 3 is 2.58 bits per heavy atom. The summed E-state index contributed by atoms with van der Waals surface area (Å²) in [6, 6.07) is 6.73. The molecule has 8 heteroatoms. The van der Waals surface area contributed by atoms with Gasteiger partial charge < -0.3 is 19.9 Å². The first-order chi connectivity index (χ1) is 16.1. The van der Waals surface area contributed by atoms with Crippen molar-refractivity contribution in [2.24, 2.45) is 7.05 Å². The van der Waals surface area contributed by atoms with Gasteiger partial charge in [-0.1, -0.05) is 19.3 Å². The number of nitrogens with one attached hydrogen (secondary N) is 2. The molecule has 0 bridgehead atoms. The second-order valence-corrected chi connectivity index (χ2v) is 9.39. The summed E-state index contributed by atoms with van der Waals surface area (Å²) in [5, 5.41) is 8.74. The summed E-state index contributed by atoms with van der Waals surface area (Å²) in [7, 11) is 5.57. The SMILES string of the molecule is CNC1CCN(c2ccc(-c3nc4c(c(C5CCCCC5)nn4C)c(=O)[nH]3)c(OC)c2)CC1. The highest BCUT2D eigenvalue weighted by Gasteiger charge is 2.25. The van der Waals surface area contributed by atoms with Crippen molar-refractivity contribution in [3.05, 3.63) is 34.2 Å². The maximum atomic E-state index is 13.2. The molecular weight excluding hydrogens is 416 g/mol. The highest BCUT2D eigenvalue weighted by molar-refractivity contribution is 5.81. The van der Waals surface area contributed by atoms with Gasteiger partial charge in [0.2, 0.25) is 0 Å². The van der Waals surface area contributed by atoms with Gasteiger partial charge in [0, 0.05) is 43.9 Å². The molecule has 0 unspecified atom stereocenters. The van der Waals surface area contributed by atoms with Crippen molar-refractivity contribution in [2.75, 3.05) is 32.1 Å². The number of hydrogen-bond acceptors (Lipinski definition) is 6. The van der Waals surface area contributed by atoms with E-state index in [1.165, 1.54) is 19.3 Å². The monoisotopic (exact) mass is 450 g/mol. The van der Waals surface area contributed by atoms with Crippen molar-refractivity contribution < 1.29 is 4.74 Å². The maximum absolute atomic E-state index is 13.2. The van der Waals surface area contributed by atoms with Crippen LogP contribution in [0, 0.1) is 0 Å². The standard InChI is InChI=1S/C25H34N6O2/c1-26-17-11-13-31(14-12-17)18-9-10-19(20(15-18)33-3)23-27-24-21(25(32)28-23)22(29-30(24)2)16-7-5-4-6-8-16/h9-10,15-17,26H,4-8,11-14H2,1-3H3,(H,27,28,32). The van der Waals surface area contributed by atoms with Gasteiger partial charge in [-0.2, -0.15) is 5.10 Å². The Hall–Kier alpha value is -2.87. The second-order valence-electron chi connectivity index (χ2n) is 9.39. The van der Waals surface area contributed by atoms with Crippen molar-refractivity contribution in [3.8, 4) is 17.1 Å². The van der Waals surface area contributed by atoms with E-state index >= 15 is 0 Å². The lowest BCUT2D eigenvalue weighted by Crippen LogP contribution is -2.41. The average molecular weight is 451 g/mol. The van der Waals surface area contributed by atoms with Crippen LogP contribution < -0.4 is 20.5 Å². The Bertz CT molecular complexity index is 1190. The van der Waals surface area contributed by atoms with Crippen LogP contribution in [-0.4, -0.2) is 53.0 Å². The first-order valence-corrected chi connectivity index (χ1v) is 12.2. The van der Waals surface area contributed by atoms with Gasteiger partial charge in [0.25, 0.3) is 5.56 Å². The van der Waals surface area contributed by atoms with E-state index < -0.39 is 0 Å². The Morgan fingerprint density at radius 1 is 1.12 bits per heavy atom. The fourth-order valence-corrected chi connectivity index (χ4v) is 5.47. The number of aromatic amines is 1. The van der Waals surface area contributed by atoms with Crippen molar-refractivity contribution in [1.29, 1.82) is 0 Å². The molecule has 0 radical (unpaired) electrons. The number of benzene rings is 1. The first kappa shape index (κ1) is 21.9. The smallest absolute Gasteiger partial charge is 0.262 e. The van der Waals surface area contributed by atoms with Crippen LogP contribution in [0.1, 0.15) is 56.6 Å². The molecule has 2 aromatic heterocycles. The van der Waals surface area contributed by atoms with E-state index in [2.05, 4.69) is 27.3 Å². The molecule has 1 aliphatic carbocycles. The van der Waals surface area contributed by atoms with Gasteiger partial charge in [-0.3, -0.25) is 4.79 Å². The summed E-state index contributed by atoms with van der Waals surface area (Å²) >= 11 is 0. The molecule has 3 aromatic rings. The van der Waals surface area contributed by atoms with Crippen LogP contribution in [-0.2, 0) is 7.05 Å². The van der Waals surface area contributed by atoms with Crippen LogP contribution in [0.5, 0.6) is 5.75 Å². The fourth-order valence-electron chi connectivity index (χ4n) is 5.47. The minimum atomic E-state index is -0.121. The average Bonchev–Trinajstić information content (AvgIpc) is 3.21. The van der Waals surface area contributed by atoms with Crippen LogP contribution in [0.3, 0.4) is 0 Å². The molecule has 2 N–H and O–H groups in total. The lowest BCUT2D eigenvalue weighted by atomic mass is 9.86. The quantitative estimate of drug-likeness (QED) is 0.618. The summed E-state index contributed by atoms with van der Waals surface area (Å²) in [5.74, 6) is 1.57. The van der Waals surface area contributed by atoms with Crippen LogP contribution in [0.4, 0.5) is 5.69 Å². The molecule has 2 fully saturated rings. The molecule has 1 aromatic carbocycles. The first-order valence-electron chi connectivity index (χ1n) is 12.2. The normalized spacial score (nSPS) is 18.2. The van der Waals surface area contributed by atoms with Crippen molar-refractivity contribution >= 4 is 16.7 Å². The lowest BCUT2D eigenvalue weighted by molar-refractivity contribution is 0.415.